The number of carbonyl (C=O) groups is 2. The minimum Gasteiger partial charge on any atom is -0.459 e. The maximum atomic E-state index is 13.9. The van der Waals surface area contributed by atoms with Gasteiger partial charge in [0.2, 0.25) is 0 Å². The van der Waals surface area contributed by atoms with Crippen molar-refractivity contribution in [2.45, 2.75) is 51.9 Å². The summed E-state index contributed by atoms with van der Waals surface area (Å²) in [6.07, 6.45) is -5.35. The van der Waals surface area contributed by atoms with Gasteiger partial charge in [-0.2, -0.15) is 26.3 Å². The minimum atomic E-state index is -5.29. The molecular weight excluding hydrogens is 506 g/mol. The molecular formula is C25H24F6N2O4. The number of fused-ring (bicyclic) bond motifs is 1. The summed E-state index contributed by atoms with van der Waals surface area (Å²) < 4.78 is 93.1. The molecule has 2 N–H and O–H groups in total. The van der Waals surface area contributed by atoms with Crippen LogP contribution in [-0.4, -0.2) is 23.5 Å². The molecule has 1 amide bonds. The van der Waals surface area contributed by atoms with Crippen molar-refractivity contribution < 1.29 is 45.4 Å². The Hall–Kier alpha value is -3.70. The van der Waals surface area contributed by atoms with Gasteiger partial charge in [0.1, 0.15) is 16.9 Å². The first-order valence-electron chi connectivity index (χ1n) is 11.4. The molecule has 0 aliphatic rings. The quantitative estimate of drug-likeness (QED) is 0.139. The monoisotopic (exact) mass is 530 g/mol. The zero-order valence-electron chi connectivity index (χ0n) is 19.9. The van der Waals surface area contributed by atoms with Crippen LogP contribution in [-0.2, 0) is 33.1 Å². The summed E-state index contributed by atoms with van der Waals surface area (Å²) in [5.74, 6) is -4.69. The van der Waals surface area contributed by atoms with Gasteiger partial charge in [-0.3, -0.25) is 4.79 Å². The summed E-state index contributed by atoms with van der Waals surface area (Å²) in [6, 6.07) is 4.68. The Morgan fingerprint density at radius 3 is 2.16 bits per heavy atom. The first kappa shape index (κ1) is 27.9. The second-order valence-electron chi connectivity index (χ2n) is 8.15. The van der Waals surface area contributed by atoms with Gasteiger partial charge in [-0.15, -0.1) is 0 Å². The second kappa shape index (κ2) is 11.1. The number of aromatic nitrogens is 1. The Morgan fingerprint density at radius 1 is 0.946 bits per heavy atom. The maximum Gasteiger partial charge on any atom is 0.420 e. The van der Waals surface area contributed by atoms with Gasteiger partial charge >= 0.3 is 24.2 Å². The highest BCUT2D eigenvalue weighted by Gasteiger charge is 2.43. The van der Waals surface area contributed by atoms with Gasteiger partial charge in [0.15, 0.2) is 5.75 Å². The molecule has 0 spiro atoms. The van der Waals surface area contributed by atoms with Crippen molar-refractivity contribution in [3.8, 4) is 11.5 Å². The van der Waals surface area contributed by atoms with Crippen LogP contribution in [0.2, 0.25) is 0 Å². The number of unbranched alkanes of at least 4 members (excludes halogenated alkanes) is 2. The van der Waals surface area contributed by atoms with E-state index in [1.165, 1.54) is 25.1 Å². The van der Waals surface area contributed by atoms with E-state index in [1.54, 1.807) is 11.5 Å². The predicted molar refractivity (Wildman–Crippen MR) is 123 cm³/mol. The smallest absolute Gasteiger partial charge is 0.420 e. The first-order valence-corrected chi connectivity index (χ1v) is 11.4. The molecule has 2 aromatic carbocycles. The van der Waals surface area contributed by atoms with E-state index in [1.807, 2.05) is 6.92 Å². The van der Waals surface area contributed by atoms with Gasteiger partial charge in [-0.05, 0) is 55.7 Å². The van der Waals surface area contributed by atoms with Crippen LogP contribution in [0, 0.1) is 0 Å². The number of ether oxygens (including phenoxy) is 2. The molecule has 0 radical (unpaired) electrons. The van der Waals surface area contributed by atoms with Crippen LogP contribution >= 0.6 is 0 Å². The van der Waals surface area contributed by atoms with Crippen LogP contribution in [0.4, 0.5) is 32.0 Å². The molecule has 37 heavy (non-hydrogen) atoms. The summed E-state index contributed by atoms with van der Waals surface area (Å²) in [5, 5.41) is 2.34. The number of aryl methyl sites for hydroxylation is 1. The third-order valence-electron chi connectivity index (χ3n) is 5.43. The number of carbonyl (C=O) groups excluding carboxylic acids is 2. The molecule has 1 heterocycles. The first-order chi connectivity index (χ1) is 17.3. The predicted octanol–water partition coefficient (Wildman–Crippen LogP) is 7.23. The highest BCUT2D eigenvalue weighted by Crippen LogP contribution is 2.47. The van der Waals surface area contributed by atoms with Crippen molar-refractivity contribution in [2.75, 3.05) is 11.9 Å². The van der Waals surface area contributed by atoms with E-state index >= 15 is 0 Å². The summed E-state index contributed by atoms with van der Waals surface area (Å²) in [4.78, 5) is 26.4. The van der Waals surface area contributed by atoms with Crippen LogP contribution in [0.15, 0.2) is 36.5 Å². The summed E-state index contributed by atoms with van der Waals surface area (Å²) in [5.41, 5.74) is -2.94. The van der Waals surface area contributed by atoms with E-state index in [4.69, 9.17) is 4.74 Å². The lowest BCUT2D eigenvalue weighted by Crippen LogP contribution is -2.25. The Kier molecular flexibility index (Phi) is 8.39. The lowest BCUT2D eigenvalue weighted by molar-refractivity contribution is -0.152. The fourth-order valence-electron chi connectivity index (χ4n) is 3.72. The van der Waals surface area contributed by atoms with E-state index in [0.29, 0.717) is 17.3 Å². The van der Waals surface area contributed by atoms with Crippen molar-refractivity contribution in [3.05, 3.63) is 53.2 Å². The molecule has 3 rings (SSSR count). The van der Waals surface area contributed by atoms with Crippen LogP contribution in [0.25, 0.3) is 10.9 Å². The van der Waals surface area contributed by atoms with Gasteiger partial charge in [-0.1, -0.05) is 19.8 Å². The van der Waals surface area contributed by atoms with E-state index in [9.17, 15) is 35.9 Å². The van der Waals surface area contributed by atoms with Gasteiger partial charge in [0.05, 0.1) is 6.61 Å². The normalized spacial score (nSPS) is 12.0. The number of rotatable bonds is 8. The van der Waals surface area contributed by atoms with Crippen molar-refractivity contribution >= 4 is 28.5 Å². The number of esters is 1. The fourth-order valence-corrected chi connectivity index (χ4v) is 3.72. The largest absolute Gasteiger partial charge is 0.459 e. The molecule has 0 bridgehead atoms. The third kappa shape index (κ3) is 6.75. The van der Waals surface area contributed by atoms with E-state index < -0.39 is 46.8 Å². The number of hydrogen-bond donors (Lipinski definition) is 2. The van der Waals surface area contributed by atoms with Crippen molar-refractivity contribution in [1.29, 1.82) is 0 Å². The number of hydrogen-bond acceptors (Lipinski definition) is 4. The lowest BCUT2D eigenvalue weighted by Gasteiger charge is -2.21. The molecule has 0 fully saturated rings. The van der Waals surface area contributed by atoms with Crippen LogP contribution in [0.1, 0.15) is 49.8 Å². The summed E-state index contributed by atoms with van der Waals surface area (Å²) in [6.45, 7) is 3.19. The molecule has 1 aromatic heterocycles. The topological polar surface area (TPSA) is 80.4 Å². The average molecular weight is 530 g/mol. The number of anilines is 1. The number of halogens is 6. The molecule has 0 saturated heterocycles. The number of amides is 1. The second-order valence-corrected chi connectivity index (χ2v) is 8.15. The number of H-pyrrole nitrogens is 1. The molecule has 0 unspecified atom stereocenters. The van der Waals surface area contributed by atoms with E-state index in [2.05, 4.69) is 9.72 Å². The van der Waals surface area contributed by atoms with Gasteiger partial charge in [0.25, 0.3) is 0 Å². The molecule has 12 heteroatoms. The van der Waals surface area contributed by atoms with Crippen LogP contribution < -0.4 is 10.1 Å². The number of nitrogens with one attached hydrogen (secondary N) is 2. The highest BCUT2D eigenvalue weighted by molar-refractivity contribution is 6.37. The Bertz CT molecular complexity index is 1250. The minimum absolute atomic E-state index is 0.216. The lowest BCUT2D eigenvalue weighted by atomic mass is 10.0. The standard InChI is InChI=1S/C25H24F6N2O4/c1-3-5-6-7-14-13-32-20-9-8-16(12-17(14)20)37-21-18(24(26,27)28)10-15(11-19(21)25(29,30)31)33-22(34)23(35)36-4-2/h8-13,32H,3-7H2,1-2H3,(H,33,34). The molecule has 6 nitrogen and oxygen atoms in total. The Balaban J connectivity index is 2.07. The number of benzene rings is 2. The Labute approximate surface area is 207 Å². The van der Waals surface area contributed by atoms with Gasteiger partial charge < -0.3 is 19.8 Å². The van der Waals surface area contributed by atoms with Crippen molar-refractivity contribution in [2.24, 2.45) is 0 Å². The van der Waals surface area contributed by atoms with Crippen molar-refractivity contribution in [1.82, 2.24) is 4.98 Å². The molecule has 3 aromatic rings. The number of aromatic amines is 1. The highest BCUT2D eigenvalue weighted by atomic mass is 19.4. The van der Waals surface area contributed by atoms with E-state index in [-0.39, 0.29) is 24.5 Å². The van der Waals surface area contributed by atoms with Crippen LogP contribution in [0.5, 0.6) is 11.5 Å². The molecule has 0 atom stereocenters. The molecule has 200 valence electrons. The number of alkyl halides is 6. The summed E-state index contributed by atoms with van der Waals surface area (Å²) >= 11 is 0. The van der Waals surface area contributed by atoms with Crippen molar-refractivity contribution in [3.63, 3.8) is 0 Å². The fraction of sp³-hybridized carbons (Fsp3) is 0.360. The maximum absolute atomic E-state index is 13.9. The zero-order valence-corrected chi connectivity index (χ0v) is 19.9. The van der Waals surface area contributed by atoms with Gasteiger partial charge in [0, 0.05) is 22.8 Å². The molecule has 0 saturated carbocycles. The van der Waals surface area contributed by atoms with Gasteiger partial charge in [-0.25, -0.2) is 4.79 Å². The SMILES string of the molecule is CCCCCc1c[nH]c2ccc(Oc3c(C(F)(F)F)cc(NC(=O)C(=O)OCC)cc3C(F)(F)F)cc12. The Morgan fingerprint density at radius 2 is 1.59 bits per heavy atom. The average Bonchev–Trinajstić information content (AvgIpc) is 3.21. The third-order valence-corrected chi connectivity index (χ3v) is 5.43. The van der Waals surface area contributed by atoms with Crippen LogP contribution in [0.3, 0.4) is 0 Å². The molecule has 0 aliphatic carbocycles. The zero-order chi connectivity index (χ0) is 27.4. The molecule has 0 aliphatic heterocycles. The van der Waals surface area contributed by atoms with E-state index in [0.717, 1.165) is 24.8 Å². The summed E-state index contributed by atoms with van der Waals surface area (Å²) in [7, 11) is 0.